The molecule has 172 valence electrons. The summed E-state index contributed by atoms with van der Waals surface area (Å²) in [4.78, 5) is 11.8. The summed E-state index contributed by atoms with van der Waals surface area (Å²) in [6, 6.07) is 7.33. The molecule has 0 saturated carbocycles. The predicted molar refractivity (Wildman–Crippen MR) is 127 cm³/mol. The maximum atomic E-state index is 11.8. The van der Waals surface area contributed by atoms with Gasteiger partial charge in [0.15, 0.2) is 0 Å². The third-order valence-electron chi connectivity index (χ3n) is 5.51. The van der Waals surface area contributed by atoms with Crippen molar-refractivity contribution in [2.24, 2.45) is 0 Å². The summed E-state index contributed by atoms with van der Waals surface area (Å²) in [6.45, 7) is 2.88. The second kappa shape index (κ2) is 19.3. The molecule has 0 aliphatic carbocycles. The van der Waals surface area contributed by atoms with Crippen LogP contribution in [0.3, 0.4) is 0 Å². The second-order valence-corrected chi connectivity index (χ2v) is 8.31. The van der Waals surface area contributed by atoms with E-state index in [9.17, 15) is 4.79 Å². The van der Waals surface area contributed by atoms with Gasteiger partial charge in [-0.15, -0.1) is 0 Å². The number of ether oxygens (including phenoxy) is 2. The Bertz CT molecular complexity index is 533. The number of nitrogens with two attached hydrogens (primary N) is 1. The first-order valence-corrected chi connectivity index (χ1v) is 12.4. The average molecular weight is 420 g/mol. The SMILES string of the molecule is CCCCCCCCCCCCCCCCCC(=O)OCCOc1ccccc1N. The minimum atomic E-state index is -0.130. The number of anilines is 1. The normalized spacial score (nSPS) is 10.8. The van der Waals surface area contributed by atoms with Crippen LogP contribution in [0.4, 0.5) is 5.69 Å². The molecule has 0 radical (unpaired) electrons. The summed E-state index contributed by atoms with van der Waals surface area (Å²) in [5.41, 5.74) is 6.40. The first-order chi connectivity index (χ1) is 14.7. The number of carbonyl (C=O) groups is 1. The molecule has 0 heterocycles. The number of benzene rings is 1. The third-order valence-corrected chi connectivity index (χ3v) is 5.51. The molecule has 0 bridgehead atoms. The molecule has 0 spiro atoms. The van der Waals surface area contributed by atoms with Crippen LogP contribution in [0.1, 0.15) is 110 Å². The number of rotatable bonds is 20. The van der Waals surface area contributed by atoms with Crippen molar-refractivity contribution in [3.63, 3.8) is 0 Å². The highest BCUT2D eigenvalue weighted by atomic mass is 16.6. The molecule has 4 nitrogen and oxygen atoms in total. The van der Waals surface area contributed by atoms with Gasteiger partial charge in [0.05, 0.1) is 5.69 Å². The molecule has 0 atom stereocenters. The van der Waals surface area contributed by atoms with Gasteiger partial charge in [-0.1, -0.05) is 109 Å². The molecule has 0 unspecified atom stereocenters. The third kappa shape index (κ3) is 15.2. The number of hydrogen-bond acceptors (Lipinski definition) is 4. The molecule has 1 aromatic rings. The maximum absolute atomic E-state index is 11.8. The first kappa shape index (κ1) is 26.3. The smallest absolute Gasteiger partial charge is 0.305 e. The minimum absolute atomic E-state index is 0.130. The molecule has 0 saturated heterocycles. The van der Waals surface area contributed by atoms with Gasteiger partial charge < -0.3 is 15.2 Å². The van der Waals surface area contributed by atoms with Crippen molar-refractivity contribution in [3.8, 4) is 5.75 Å². The Morgan fingerprint density at radius 2 is 1.23 bits per heavy atom. The van der Waals surface area contributed by atoms with Crippen LogP contribution < -0.4 is 10.5 Å². The number of nitrogen functional groups attached to an aromatic ring is 1. The summed E-state index contributed by atoms with van der Waals surface area (Å²) < 4.78 is 10.7. The number of carbonyl (C=O) groups excluding carboxylic acids is 1. The molecule has 0 aliphatic rings. The number of esters is 1. The molecule has 0 fully saturated rings. The van der Waals surface area contributed by atoms with E-state index in [-0.39, 0.29) is 12.6 Å². The van der Waals surface area contributed by atoms with Crippen molar-refractivity contribution in [2.75, 3.05) is 18.9 Å². The van der Waals surface area contributed by atoms with Gasteiger partial charge in [-0.25, -0.2) is 0 Å². The molecule has 1 rings (SSSR count). The van der Waals surface area contributed by atoms with Crippen molar-refractivity contribution in [1.29, 1.82) is 0 Å². The van der Waals surface area contributed by atoms with Crippen molar-refractivity contribution in [2.45, 2.75) is 110 Å². The van der Waals surface area contributed by atoms with Gasteiger partial charge in [-0.2, -0.15) is 0 Å². The Morgan fingerprint density at radius 3 is 1.77 bits per heavy atom. The van der Waals surface area contributed by atoms with Crippen LogP contribution in [-0.4, -0.2) is 19.2 Å². The summed E-state index contributed by atoms with van der Waals surface area (Å²) in [5, 5.41) is 0. The predicted octanol–water partition coefficient (Wildman–Crippen LogP) is 7.45. The van der Waals surface area contributed by atoms with E-state index in [1.165, 1.54) is 83.5 Å². The Balaban J connectivity index is 1.79. The molecule has 0 aliphatic heterocycles. The quantitative estimate of drug-likeness (QED) is 0.135. The van der Waals surface area contributed by atoms with Gasteiger partial charge in [-0.05, 0) is 18.6 Å². The van der Waals surface area contributed by atoms with Crippen molar-refractivity contribution < 1.29 is 14.3 Å². The molecular weight excluding hydrogens is 374 g/mol. The van der Waals surface area contributed by atoms with E-state index in [4.69, 9.17) is 15.2 Å². The monoisotopic (exact) mass is 419 g/mol. The van der Waals surface area contributed by atoms with Gasteiger partial charge in [0.2, 0.25) is 0 Å². The lowest BCUT2D eigenvalue weighted by molar-refractivity contribution is -0.144. The summed E-state index contributed by atoms with van der Waals surface area (Å²) in [7, 11) is 0. The van der Waals surface area contributed by atoms with Gasteiger partial charge >= 0.3 is 5.97 Å². The number of hydrogen-bond donors (Lipinski definition) is 1. The molecule has 0 amide bonds. The Kier molecular flexibility index (Phi) is 16.9. The fourth-order valence-corrected chi connectivity index (χ4v) is 3.63. The van der Waals surface area contributed by atoms with E-state index >= 15 is 0 Å². The highest BCUT2D eigenvalue weighted by Crippen LogP contribution is 2.19. The summed E-state index contributed by atoms with van der Waals surface area (Å²) in [6.07, 6.45) is 20.4. The van der Waals surface area contributed by atoms with Crippen molar-refractivity contribution in [1.82, 2.24) is 0 Å². The van der Waals surface area contributed by atoms with Crippen LogP contribution in [0.25, 0.3) is 0 Å². The highest BCUT2D eigenvalue weighted by molar-refractivity contribution is 5.69. The minimum Gasteiger partial charge on any atom is -0.488 e. The van der Waals surface area contributed by atoms with Gasteiger partial charge in [0.25, 0.3) is 0 Å². The molecular formula is C26H45NO3. The van der Waals surface area contributed by atoms with Crippen molar-refractivity contribution >= 4 is 11.7 Å². The summed E-state index contributed by atoms with van der Waals surface area (Å²) in [5.74, 6) is 0.505. The van der Waals surface area contributed by atoms with Crippen LogP contribution >= 0.6 is 0 Å². The molecule has 1 aromatic carbocycles. The van der Waals surface area contributed by atoms with Crippen LogP contribution in [0.5, 0.6) is 5.75 Å². The molecule has 30 heavy (non-hydrogen) atoms. The molecule has 4 heteroatoms. The zero-order valence-electron chi connectivity index (χ0n) is 19.3. The lowest BCUT2D eigenvalue weighted by Crippen LogP contribution is -2.12. The maximum Gasteiger partial charge on any atom is 0.305 e. The second-order valence-electron chi connectivity index (χ2n) is 8.31. The van der Waals surface area contributed by atoms with Gasteiger partial charge in [0.1, 0.15) is 19.0 Å². The lowest BCUT2D eigenvalue weighted by Gasteiger charge is -2.09. The fourth-order valence-electron chi connectivity index (χ4n) is 3.63. The fraction of sp³-hybridized carbons (Fsp3) is 0.731. The molecule has 2 N–H and O–H groups in total. The Labute approximate surface area is 184 Å². The van der Waals surface area contributed by atoms with E-state index in [2.05, 4.69) is 6.92 Å². The molecule has 0 aromatic heterocycles. The Morgan fingerprint density at radius 1 is 0.733 bits per heavy atom. The number of para-hydroxylation sites is 2. The van der Waals surface area contributed by atoms with E-state index in [0.717, 1.165) is 12.8 Å². The standard InChI is InChI=1S/C26H45NO3/c1-2-3-4-5-6-7-8-9-10-11-12-13-14-15-16-21-26(28)30-23-22-29-25-20-18-17-19-24(25)27/h17-20H,2-16,21-23,27H2,1H3. The van der Waals surface area contributed by atoms with E-state index in [0.29, 0.717) is 24.5 Å². The van der Waals surface area contributed by atoms with Gasteiger partial charge in [0, 0.05) is 6.42 Å². The van der Waals surface area contributed by atoms with E-state index in [1.54, 1.807) is 6.07 Å². The zero-order chi connectivity index (χ0) is 21.7. The number of unbranched alkanes of at least 4 members (excludes halogenated alkanes) is 14. The zero-order valence-corrected chi connectivity index (χ0v) is 19.3. The van der Waals surface area contributed by atoms with Gasteiger partial charge in [-0.3, -0.25) is 4.79 Å². The highest BCUT2D eigenvalue weighted by Gasteiger charge is 2.04. The van der Waals surface area contributed by atoms with Crippen LogP contribution in [0, 0.1) is 0 Å². The van der Waals surface area contributed by atoms with Crippen LogP contribution in [0.15, 0.2) is 24.3 Å². The Hall–Kier alpha value is -1.71. The average Bonchev–Trinajstić information content (AvgIpc) is 2.75. The topological polar surface area (TPSA) is 61.5 Å². The van der Waals surface area contributed by atoms with E-state index in [1.807, 2.05) is 18.2 Å². The first-order valence-electron chi connectivity index (χ1n) is 12.4. The van der Waals surface area contributed by atoms with Crippen LogP contribution in [-0.2, 0) is 9.53 Å². The van der Waals surface area contributed by atoms with Crippen LogP contribution in [0.2, 0.25) is 0 Å². The van der Waals surface area contributed by atoms with Crippen molar-refractivity contribution in [3.05, 3.63) is 24.3 Å². The largest absolute Gasteiger partial charge is 0.488 e. The van der Waals surface area contributed by atoms with E-state index < -0.39 is 0 Å². The summed E-state index contributed by atoms with van der Waals surface area (Å²) >= 11 is 0. The lowest BCUT2D eigenvalue weighted by atomic mass is 10.0.